The lowest BCUT2D eigenvalue weighted by Crippen LogP contribution is -1.94. The second kappa shape index (κ2) is 5.29. The van der Waals surface area contributed by atoms with E-state index in [-0.39, 0.29) is 0 Å². The van der Waals surface area contributed by atoms with E-state index in [0.717, 1.165) is 0 Å². The summed E-state index contributed by atoms with van der Waals surface area (Å²) in [5, 5.41) is 11.7. The van der Waals surface area contributed by atoms with Crippen LogP contribution in [0.5, 0.6) is 5.75 Å². The smallest absolute Gasteiger partial charge is 0.138 e. The van der Waals surface area contributed by atoms with Gasteiger partial charge >= 0.3 is 0 Å². The van der Waals surface area contributed by atoms with Crippen molar-refractivity contribution in [2.24, 2.45) is 5.16 Å². The first-order chi connectivity index (χ1) is 6.77. The zero-order valence-electron chi connectivity index (χ0n) is 7.48. The number of halogens is 1. The van der Waals surface area contributed by atoms with Crippen LogP contribution in [0, 0.1) is 0 Å². The Morgan fingerprint density at radius 1 is 1.57 bits per heavy atom. The lowest BCUT2D eigenvalue weighted by molar-refractivity contribution is 0.322. The Hall–Kier alpha value is -1.48. The summed E-state index contributed by atoms with van der Waals surface area (Å²) in [5.74, 6) is 0.585. The van der Waals surface area contributed by atoms with Gasteiger partial charge in [-0.2, -0.15) is 0 Å². The van der Waals surface area contributed by atoms with Crippen molar-refractivity contribution < 1.29 is 9.94 Å². The average molecular weight is 212 g/mol. The molecule has 1 aromatic rings. The van der Waals surface area contributed by atoms with Gasteiger partial charge in [0.2, 0.25) is 0 Å². The second-order valence-electron chi connectivity index (χ2n) is 2.53. The highest BCUT2D eigenvalue weighted by molar-refractivity contribution is 6.32. The first-order valence-corrected chi connectivity index (χ1v) is 4.36. The van der Waals surface area contributed by atoms with Crippen LogP contribution in [0.3, 0.4) is 0 Å². The molecule has 14 heavy (non-hydrogen) atoms. The van der Waals surface area contributed by atoms with Gasteiger partial charge in [-0.25, -0.2) is 0 Å². The highest BCUT2D eigenvalue weighted by Crippen LogP contribution is 2.24. The molecule has 0 atom stereocenters. The number of oxime groups is 1. The van der Waals surface area contributed by atoms with Gasteiger partial charge in [-0.15, -0.1) is 0 Å². The van der Waals surface area contributed by atoms with Gasteiger partial charge < -0.3 is 9.94 Å². The minimum Gasteiger partial charge on any atom is -0.488 e. The van der Waals surface area contributed by atoms with E-state index in [2.05, 4.69) is 11.7 Å². The van der Waals surface area contributed by atoms with Crippen LogP contribution in [0.4, 0.5) is 0 Å². The van der Waals surface area contributed by atoms with Gasteiger partial charge in [0.1, 0.15) is 12.4 Å². The predicted molar refractivity (Wildman–Crippen MR) is 56.5 cm³/mol. The normalized spacial score (nSPS) is 10.4. The molecule has 0 unspecified atom stereocenters. The molecule has 0 amide bonds. The molecule has 0 bridgehead atoms. The Morgan fingerprint density at radius 2 is 2.36 bits per heavy atom. The van der Waals surface area contributed by atoms with E-state index in [4.69, 9.17) is 21.5 Å². The lowest BCUT2D eigenvalue weighted by Gasteiger charge is -2.05. The molecule has 3 nitrogen and oxygen atoms in total. The van der Waals surface area contributed by atoms with E-state index in [1.165, 1.54) is 6.21 Å². The molecule has 0 radical (unpaired) electrons. The van der Waals surface area contributed by atoms with Crippen molar-refractivity contribution in [3.63, 3.8) is 0 Å². The molecule has 0 saturated carbocycles. The average Bonchev–Trinajstić information content (AvgIpc) is 2.17. The monoisotopic (exact) mass is 211 g/mol. The summed E-state index contributed by atoms with van der Waals surface area (Å²) in [4.78, 5) is 0. The number of hydrogen-bond donors (Lipinski definition) is 1. The van der Waals surface area contributed by atoms with Gasteiger partial charge in [-0.05, 0) is 23.8 Å². The summed E-state index contributed by atoms with van der Waals surface area (Å²) in [7, 11) is 0. The van der Waals surface area contributed by atoms with Gasteiger partial charge in [-0.3, -0.25) is 0 Å². The quantitative estimate of drug-likeness (QED) is 0.360. The maximum Gasteiger partial charge on any atom is 0.138 e. The van der Waals surface area contributed by atoms with E-state index >= 15 is 0 Å². The van der Waals surface area contributed by atoms with Gasteiger partial charge in [0, 0.05) is 0 Å². The predicted octanol–water partition coefficient (Wildman–Crippen LogP) is 2.71. The van der Waals surface area contributed by atoms with Crippen LogP contribution in [0.1, 0.15) is 5.56 Å². The molecule has 1 aromatic carbocycles. The Morgan fingerprint density at radius 3 is 2.93 bits per heavy atom. The van der Waals surface area contributed by atoms with Crippen molar-refractivity contribution in [3.8, 4) is 5.75 Å². The third kappa shape index (κ3) is 2.78. The van der Waals surface area contributed by atoms with Crippen LogP contribution in [0.15, 0.2) is 36.0 Å². The number of benzene rings is 1. The number of rotatable bonds is 4. The Labute approximate surface area is 87.3 Å². The van der Waals surface area contributed by atoms with Crippen LogP contribution >= 0.6 is 11.6 Å². The Kier molecular flexibility index (Phi) is 4.01. The largest absolute Gasteiger partial charge is 0.488 e. The molecule has 1 N–H and O–H groups in total. The maximum atomic E-state index is 8.30. The van der Waals surface area contributed by atoms with E-state index in [9.17, 15) is 0 Å². The Bertz CT molecular complexity index is 350. The van der Waals surface area contributed by atoms with E-state index in [0.29, 0.717) is 22.9 Å². The van der Waals surface area contributed by atoms with Crippen LogP contribution in [-0.2, 0) is 0 Å². The maximum absolute atomic E-state index is 8.30. The molecule has 1 rings (SSSR count). The summed E-state index contributed by atoms with van der Waals surface area (Å²) in [6.45, 7) is 3.94. The SMILES string of the molecule is C=CCOc1ccc(C=NO)cc1Cl. The van der Waals surface area contributed by atoms with Gasteiger partial charge in [0.25, 0.3) is 0 Å². The highest BCUT2D eigenvalue weighted by atomic mass is 35.5. The summed E-state index contributed by atoms with van der Waals surface area (Å²) >= 11 is 5.90. The van der Waals surface area contributed by atoms with E-state index < -0.39 is 0 Å². The standard InChI is InChI=1S/C10H10ClNO2/c1-2-5-14-10-4-3-8(7-12-13)6-9(10)11/h2-4,6-7,13H,1,5H2. The molecular formula is C10H10ClNO2. The zero-order valence-corrected chi connectivity index (χ0v) is 8.24. The van der Waals surface area contributed by atoms with Crippen molar-refractivity contribution in [2.75, 3.05) is 6.61 Å². The molecule has 0 heterocycles. The van der Waals surface area contributed by atoms with Crippen LogP contribution < -0.4 is 4.74 Å². The first kappa shape index (κ1) is 10.6. The fourth-order valence-corrected chi connectivity index (χ4v) is 1.17. The minimum atomic E-state index is 0.410. The summed E-state index contributed by atoms with van der Waals surface area (Å²) in [5.41, 5.74) is 0.712. The molecule has 0 aliphatic rings. The van der Waals surface area contributed by atoms with Crippen molar-refractivity contribution in [3.05, 3.63) is 41.4 Å². The zero-order chi connectivity index (χ0) is 10.4. The molecule has 0 aromatic heterocycles. The second-order valence-corrected chi connectivity index (χ2v) is 2.94. The molecule has 0 spiro atoms. The number of ether oxygens (including phenoxy) is 1. The van der Waals surface area contributed by atoms with Crippen LogP contribution in [0.25, 0.3) is 0 Å². The number of hydrogen-bond acceptors (Lipinski definition) is 3. The summed E-state index contributed by atoms with van der Waals surface area (Å²) < 4.78 is 5.26. The molecule has 0 saturated heterocycles. The van der Waals surface area contributed by atoms with Gasteiger partial charge in [-0.1, -0.05) is 29.4 Å². The third-order valence-electron chi connectivity index (χ3n) is 1.52. The summed E-state index contributed by atoms with van der Waals surface area (Å²) in [6.07, 6.45) is 2.93. The fraction of sp³-hybridized carbons (Fsp3) is 0.100. The van der Waals surface area contributed by atoms with E-state index in [1.807, 2.05) is 0 Å². The van der Waals surface area contributed by atoms with Crippen molar-refractivity contribution in [1.29, 1.82) is 0 Å². The van der Waals surface area contributed by atoms with Crippen LogP contribution in [-0.4, -0.2) is 18.0 Å². The number of nitrogens with zero attached hydrogens (tertiary/aromatic N) is 1. The molecule has 4 heteroatoms. The topological polar surface area (TPSA) is 41.8 Å². The van der Waals surface area contributed by atoms with Gasteiger partial charge in [0.05, 0.1) is 11.2 Å². The van der Waals surface area contributed by atoms with Crippen molar-refractivity contribution in [1.82, 2.24) is 0 Å². The Balaban J connectivity index is 2.83. The third-order valence-corrected chi connectivity index (χ3v) is 1.81. The van der Waals surface area contributed by atoms with E-state index in [1.54, 1.807) is 24.3 Å². The molecule has 74 valence electrons. The van der Waals surface area contributed by atoms with Gasteiger partial charge in [0.15, 0.2) is 0 Å². The molecular weight excluding hydrogens is 202 g/mol. The van der Waals surface area contributed by atoms with Crippen LogP contribution in [0.2, 0.25) is 5.02 Å². The molecule has 0 aliphatic carbocycles. The molecule has 0 fully saturated rings. The fourth-order valence-electron chi connectivity index (χ4n) is 0.930. The molecule has 0 aliphatic heterocycles. The lowest BCUT2D eigenvalue weighted by atomic mass is 10.2. The summed E-state index contributed by atoms with van der Waals surface area (Å²) in [6, 6.07) is 5.10. The van der Waals surface area contributed by atoms with Crippen molar-refractivity contribution in [2.45, 2.75) is 0 Å². The highest BCUT2D eigenvalue weighted by Gasteiger charge is 2.00. The van der Waals surface area contributed by atoms with Crippen molar-refractivity contribution >= 4 is 17.8 Å². The first-order valence-electron chi connectivity index (χ1n) is 3.98. The minimum absolute atomic E-state index is 0.410.